The molecule has 0 aliphatic heterocycles. The van der Waals surface area contributed by atoms with Gasteiger partial charge in [0.2, 0.25) is 0 Å². The summed E-state index contributed by atoms with van der Waals surface area (Å²) in [6.45, 7) is 2.15. The van der Waals surface area contributed by atoms with E-state index in [2.05, 4.69) is 6.92 Å². The largest absolute Gasteiger partial charge is 0.464 e. The minimum atomic E-state index is -0.976. The lowest BCUT2D eigenvalue weighted by atomic mass is 10.0. The van der Waals surface area contributed by atoms with Gasteiger partial charge in [-0.25, -0.2) is 13.6 Å². The van der Waals surface area contributed by atoms with E-state index in [0.29, 0.717) is 21.5 Å². The molecule has 0 N–H and O–H groups in total. The third-order valence-corrected chi connectivity index (χ3v) is 5.80. The van der Waals surface area contributed by atoms with Crippen molar-refractivity contribution < 1.29 is 18.3 Å². The number of rotatable bonds is 8. The van der Waals surface area contributed by atoms with Crippen molar-refractivity contribution in [2.75, 3.05) is 7.11 Å². The lowest BCUT2D eigenvalue weighted by Crippen LogP contribution is -2.18. The highest BCUT2D eigenvalue weighted by Gasteiger charge is 2.20. The summed E-state index contributed by atoms with van der Waals surface area (Å²) in [6, 6.07) is 5.03. The Hall–Kier alpha value is -2.80. The molecule has 0 saturated heterocycles. The number of methoxy groups -OCH3 is 1. The van der Waals surface area contributed by atoms with Crippen LogP contribution in [-0.2, 0) is 4.74 Å². The number of fused-ring (bicyclic) bond motifs is 1. The Morgan fingerprint density at radius 1 is 1.17 bits per heavy atom. The molecule has 2 aromatic heterocycles. The van der Waals surface area contributed by atoms with Crippen LogP contribution in [-0.4, -0.2) is 17.5 Å². The first-order valence-corrected chi connectivity index (χ1v) is 10.7. The first kappa shape index (κ1) is 21.9. The molecule has 0 radical (unpaired) electrons. The average Bonchev–Trinajstić information content (AvgIpc) is 3.18. The van der Waals surface area contributed by atoms with Gasteiger partial charge in [0.1, 0.15) is 10.5 Å². The van der Waals surface area contributed by atoms with Crippen molar-refractivity contribution in [3.05, 3.63) is 69.0 Å². The number of benzene rings is 1. The maximum atomic E-state index is 14.0. The Morgan fingerprint density at radius 2 is 1.97 bits per heavy atom. The third kappa shape index (κ3) is 4.51. The van der Waals surface area contributed by atoms with Gasteiger partial charge in [-0.3, -0.25) is 9.20 Å². The van der Waals surface area contributed by atoms with Crippen LogP contribution in [0.5, 0.6) is 0 Å². The van der Waals surface area contributed by atoms with Crippen LogP contribution in [0, 0.1) is 11.6 Å². The summed E-state index contributed by atoms with van der Waals surface area (Å²) >= 11 is 1.18. The summed E-state index contributed by atoms with van der Waals surface area (Å²) in [5, 5.41) is 1.53. The molecule has 0 bridgehead atoms. The van der Waals surface area contributed by atoms with Gasteiger partial charge >= 0.3 is 5.97 Å². The number of aromatic nitrogens is 1. The van der Waals surface area contributed by atoms with Crippen LogP contribution in [0.1, 0.15) is 55.1 Å². The van der Waals surface area contributed by atoms with E-state index in [9.17, 15) is 18.4 Å². The van der Waals surface area contributed by atoms with Gasteiger partial charge in [-0.15, -0.1) is 11.3 Å². The van der Waals surface area contributed by atoms with Crippen LogP contribution >= 0.6 is 11.3 Å². The van der Waals surface area contributed by atoms with E-state index in [1.807, 2.05) is 12.2 Å². The number of halogens is 2. The molecule has 3 aromatic rings. The number of unbranched alkanes of at least 4 members (excludes halogenated alkanes) is 4. The minimum absolute atomic E-state index is 0.0985. The monoisotopic (exact) mass is 431 g/mol. The number of carbonyl (C=O) groups excluding carboxylic acids is 1. The van der Waals surface area contributed by atoms with Gasteiger partial charge in [-0.2, -0.15) is 0 Å². The number of esters is 1. The van der Waals surface area contributed by atoms with E-state index in [0.717, 1.165) is 37.8 Å². The molecular formula is C23H23F2NO3S. The number of allylic oxidation sites excluding steroid dienone is 1. The molecule has 7 heteroatoms. The fourth-order valence-electron chi connectivity index (χ4n) is 3.33. The first-order chi connectivity index (χ1) is 14.5. The van der Waals surface area contributed by atoms with Gasteiger partial charge in [-0.1, -0.05) is 44.4 Å². The van der Waals surface area contributed by atoms with Gasteiger partial charge < -0.3 is 4.74 Å². The van der Waals surface area contributed by atoms with E-state index in [-0.39, 0.29) is 11.3 Å². The maximum Gasteiger partial charge on any atom is 0.356 e. The SMILES string of the molecule is CCCCCC/C=C/c1cc(=O)n2c(C(=O)OC)csc2c1-c1ccc(F)c(F)c1. The Labute approximate surface area is 177 Å². The maximum absolute atomic E-state index is 14.0. The number of pyridine rings is 1. The van der Waals surface area contributed by atoms with Gasteiger partial charge in [0.25, 0.3) is 5.56 Å². The molecule has 0 aliphatic rings. The van der Waals surface area contributed by atoms with Crippen molar-refractivity contribution in [3.63, 3.8) is 0 Å². The molecular weight excluding hydrogens is 408 g/mol. The Balaban J connectivity index is 2.15. The van der Waals surface area contributed by atoms with Crippen molar-refractivity contribution >= 4 is 28.2 Å². The second-order valence-electron chi connectivity index (χ2n) is 6.95. The van der Waals surface area contributed by atoms with Gasteiger partial charge in [-0.05, 0) is 36.1 Å². The summed E-state index contributed by atoms with van der Waals surface area (Å²) < 4.78 is 33.5. The highest BCUT2D eigenvalue weighted by molar-refractivity contribution is 7.16. The molecule has 0 aliphatic carbocycles. The van der Waals surface area contributed by atoms with Crippen LogP contribution < -0.4 is 5.56 Å². The van der Waals surface area contributed by atoms with Crippen LogP contribution in [0.15, 0.2) is 40.5 Å². The summed E-state index contributed by atoms with van der Waals surface area (Å²) in [7, 11) is 1.24. The van der Waals surface area contributed by atoms with Crippen molar-refractivity contribution in [2.24, 2.45) is 0 Å². The topological polar surface area (TPSA) is 47.8 Å². The Kier molecular flexibility index (Phi) is 7.15. The van der Waals surface area contributed by atoms with E-state index in [4.69, 9.17) is 4.74 Å². The number of thiazole rings is 1. The zero-order valence-electron chi connectivity index (χ0n) is 16.9. The average molecular weight is 432 g/mol. The van der Waals surface area contributed by atoms with Crippen molar-refractivity contribution in [2.45, 2.75) is 39.0 Å². The quantitative estimate of drug-likeness (QED) is 0.321. The second kappa shape index (κ2) is 9.80. The van der Waals surface area contributed by atoms with Gasteiger partial charge in [0.05, 0.1) is 7.11 Å². The van der Waals surface area contributed by atoms with Crippen LogP contribution in [0.25, 0.3) is 22.0 Å². The molecule has 0 saturated carbocycles. The molecule has 0 amide bonds. The lowest BCUT2D eigenvalue weighted by molar-refractivity contribution is 0.0593. The molecule has 3 rings (SSSR count). The predicted octanol–water partition coefficient (Wildman–Crippen LogP) is 6.08. The molecule has 2 heterocycles. The van der Waals surface area contributed by atoms with Crippen molar-refractivity contribution in [1.82, 2.24) is 4.40 Å². The van der Waals surface area contributed by atoms with E-state index in [1.165, 1.54) is 46.8 Å². The number of hydrogen-bond acceptors (Lipinski definition) is 4. The summed E-state index contributed by atoms with van der Waals surface area (Å²) in [4.78, 5) is 25.3. The molecule has 4 nitrogen and oxygen atoms in total. The molecule has 0 atom stereocenters. The summed E-state index contributed by atoms with van der Waals surface area (Å²) in [6.07, 6.45) is 9.17. The molecule has 0 unspecified atom stereocenters. The van der Waals surface area contributed by atoms with Crippen molar-refractivity contribution in [1.29, 1.82) is 0 Å². The van der Waals surface area contributed by atoms with Crippen molar-refractivity contribution in [3.8, 4) is 11.1 Å². The fourth-order valence-corrected chi connectivity index (χ4v) is 4.40. The highest BCUT2D eigenvalue weighted by Crippen LogP contribution is 2.33. The second-order valence-corrected chi connectivity index (χ2v) is 7.80. The molecule has 1 aromatic carbocycles. The van der Waals surface area contributed by atoms with Gasteiger partial charge in [0.15, 0.2) is 11.6 Å². The van der Waals surface area contributed by atoms with Gasteiger partial charge in [0, 0.05) is 17.0 Å². The molecule has 158 valence electrons. The number of hydrogen-bond donors (Lipinski definition) is 0. The fraction of sp³-hybridized carbons (Fsp3) is 0.304. The zero-order valence-corrected chi connectivity index (χ0v) is 17.7. The van der Waals surface area contributed by atoms with E-state index < -0.39 is 17.6 Å². The smallest absolute Gasteiger partial charge is 0.356 e. The predicted molar refractivity (Wildman–Crippen MR) is 116 cm³/mol. The lowest BCUT2D eigenvalue weighted by Gasteiger charge is -2.10. The van der Waals surface area contributed by atoms with E-state index >= 15 is 0 Å². The first-order valence-electron chi connectivity index (χ1n) is 9.85. The Morgan fingerprint density at radius 3 is 2.67 bits per heavy atom. The zero-order chi connectivity index (χ0) is 21.7. The highest BCUT2D eigenvalue weighted by atomic mass is 32.1. The Bertz CT molecular complexity index is 1150. The molecule has 0 spiro atoms. The normalized spacial score (nSPS) is 11.5. The number of nitrogens with zero attached hydrogens (tertiary/aromatic N) is 1. The number of carbonyl (C=O) groups is 1. The third-order valence-electron chi connectivity index (χ3n) is 4.85. The minimum Gasteiger partial charge on any atom is -0.464 e. The van der Waals surface area contributed by atoms with Crippen LogP contribution in [0.3, 0.4) is 0 Å². The summed E-state index contributed by atoms with van der Waals surface area (Å²) in [5.74, 6) is -2.56. The standard InChI is InChI=1S/C23H23F2NO3S/c1-3-4-5-6-7-8-9-15-13-20(27)26-19(23(28)29-2)14-30-22(26)21(15)16-10-11-17(24)18(25)12-16/h8-14H,3-7H2,1-2H3/b9-8+. The molecule has 0 fully saturated rings. The molecule has 30 heavy (non-hydrogen) atoms. The number of ether oxygens (including phenoxy) is 1. The van der Waals surface area contributed by atoms with E-state index in [1.54, 1.807) is 0 Å². The van der Waals surface area contributed by atoms with Crippen LogP contribution in [0.4, 0.5) is 8.78 Å². The summed E-state index contributed by atoms with van der Waals surface area (Å²) in [5.41, 5.74) is 1.30. The van der Waals surface area contributed by atoms with Crippen LogP contribution in [0.2, 0.25) is 0 Å².